The number of aromatic nitrogens is 1. The Balaban J connectivity index is 1.94. The van der Waals surface area contributed by atoms with Crippen molar-refractivity contribution in [3.05, 3.63) is 22.8 Å². The molecule has 0 bridgehead atoms. The fraction of sp³-hybridized carbons (Fsp3) is 0.583. The van der Waals surface area contributed by atoms with E-state index in [1.54, 1.807) is 0 Å². The Morgan fingerprint density at radius 1 is 1.44 bits per heavy atom. The minimum Gasteiger partial charge on any atom is -0.367 e. The van der Waals surface area contributed by atoms with Crippen LogP contribution in [0.2, 0.25) is 0 Å². The molecule has 88 valence electrons. The molecule has 16 heavy (non-hydrogen) atoms. The molecule has 1 saturated carbocycles. The summed E-state index contributed by atoms with van der Waals surface area (Å²) >= 11 is 5.39. The zero-order valence-electron chi connectivity index (χ0n) is 9.45. The molecular weight excluding hydrogens is 284 g/mol. The largest absolute Gasteiger partial charge is 0.367 e. The van der Waals surface area contributed by atoms with Gasteiger partial charge in [-0.1, -0.05) is 12.5 Å². The number of hydrogen-bond acceptors (Lipinski definition) is 3. The summed E-state index contributed by atoms with van der Waals surface area (Å²) in [6.07, 6.45) is 7.44. The SMILES string of the molecule is CSC1CCCC(Nc2cccc(Br)n2)C1. The molecular formula is C12H17BrN2S. The quantitative estimate of drug-likeness (QED) is 0.856. The third-order valence-corrected chi connectivity index (χ3v) is 4.56. The molecule has 1 aromatic rings. The lowest BCUT2D eigenvalue weighted by Gasteiger charge is -2.29. The van der Waals surface area contributed by atoms with E-state index in [0.29, 0.717) is 6.04 Å². The van der Waals surface area contributed by atoms with Crippen molar-refractivity contribution in [1.29, 1.82) is 0 Å². The highest BCUT2D eigenvalue weighted by atomic mass is 79.9. The van der Waals surface area contributed by atoms with Crippen molar-refractivity contribution in [3.63, 3.8) is 0 Å². The smallest absolute Gasteiger partial charge is 0.127 e. The highest BCUT2D eigenvalue weighted by molar-refractivity contribution is 9.10. The van der Waals surface area contributed by atoms with Gasteiger partial charge in [0.15, 0.2) is 0 Å². The van der Waals surface area contributed by atoms with Crippen molar-refractivity contribution in [2.45, 2.75) is 37.0 Å². The first-order valence-corrected chi connectivity index (χ1v) is 7.78. The summed E-state index contributed by atoms with van der Waals surface area (Å²) in [5.41, 5.74) is 0. The van der Waals surface area contributed by atoms with E-state index in [9.17, 15) is 0 Å². The van der Waals surface area contributed by atoms with Crippen molar-refractivity contribution < 1.29 is 0 Å². The van der Waals surface area contributed by atoms with Gasteiger partial charge in [0, 0.05) is 11.3 Å². The molecule has 1 N–H and O–H groups in total. The van der Waals surface area contributed by atoms with E-state index in [1.165, 1.54) is 25.7 Å². The lowest BCUT2D eigenvalue weighted by Crippen LogP contribution is -2.28. The standard InChI is InChI=1S/C12H17BrN2S/c1-16-10-5-2-4-9(8-10)14-12-7-3-6-11(13)15-12/h3,6-7,9-10H,2,4-5,8H2,1H3,(H,14,15). The number of nitrogens with one attached hydrogen (secondary N) is 1. The van der Waals surface area contributed by atoms with Crippen molar-refractivity contribution in [3.8, 4) is 0 Å². The monoisotopic (exact) mass is 300 g/mol. The molecule has 0 amide bonds. The zero-order valence-corrected chi connectivity index (χ0v) is 11.9. The summed E-state index contributed by atoms with van der Waals surface area (Å²) in [5.74, 6) is 0.987. The van der Waals surface area contributed by atoms with Crippen molar-refractivity contribution in [2.75, 3.05) is 11.6 Å². The molecule has 1 fully saturated rings. The molecule has 1 aliphatic rings. The second kappa shape index (κ2) is 5.92. The molecule has 2 unspecified atom stereocenters. The van der Waals surface area contributed by atoms with Crippen LogP contribution in [0.5, 0.6) is 0 Å². The predicted octanol–water partition coefficient (Wildman–Crippen LogP) is 3.93. The molecule has 1 heterocycles. The van der Waals surface area contributed by atoms with Gasteiger partial charge >= 0.3 is 0 Å². The van der Waals surface area contributed by atoms with Gasteiger partial charge in [-0.25, -0.2) is 4.98 Å². The Morgan fingerprint density at radius 2 is 2.31 bits per heavy atom. The summed E-state index contributed by atoms with van der Waals surface area (Å²) in [6.45, 7) is 0. The lowest BCUT2D eigenvalue weighted by molar-refractivity contribution is 0.472. The molecule has 2 atom stereocenters. The molecule has 4 heteroatoms. The van der Waals surface area contributed by atoms with E-state index < -0.39 is 0 Å². The minimum atomic E-state index is 0.591. The number of pyridine rings is 1. The molecule has 0 spiro atoms. The highest BCUT2D eigenvalue weighted by Crippen LogP contribution is 2.28. The molecule has 2 nitrogen and oxygen atoms in total. The van der Waals surface area contributed by atoms with E-state index in [0.717, 1.165) is 15.7 Å². The van der Waals surface area contributed by atoms with E-state index in [4.69, 9.17) is 0 Å². The van der Waals surface area contributed by atoms with E-state index >= 15 is 0 Å². The van der Waals surface area contributed by atoms with Crippen LogP contribution in [0.15, 0.2) is 22.8 Å². The Morgan fingerprint density at radius 3 is 3.06 bits per heavy atom. The Bertz CT molecular complexity index is 346. The van der Waals surface area contributed by atoms with Crippen molar-refractivity contribution in [2.24, 2.45) is 0 Å². The van der Waals surface area contributed by atoms with E-state index in [-0.39, 0.29) is 0 Å². The van der Waals surface area contributed by atoms with Crippen LogP contribution in [-0.2, 0) is 0 Å². The van der Waals surface area contributed by atoms with Crippen LogP contribution in [0.1, 0.15) is 25.7 Å². The number of thioether (sulfide) groups is 1. The average molecular weight is 301 g/mol. The van der Waals surface area contributed by atoms with Crippen LogP contribution in [-0.4, -0.2) is 22.5 Å². The molecule has 1 aliphatic carbocycles. The van der Waals surface area contributed by atoms with Crippen LogP contribution in [0, 0.1) is 0 Å². The fourth-order valence-corrected chi connectivity index (χ4v) is 3.36. The highest BCUT2D eigenvalue weighted by Gasteiger charge is 2.21. The maximum atomic E-state index is 4.42. The van der Waals surface area contributed by atoms with Gasteiger partial charge in [0.2, 0.25) is 0 Å². The van der Waals surface area contributed by atoms with Crippen LogP contribution in [0.3, 0.4) is 0 Å². The molecule has 0 aromatic carbocycles. The third kappa shape index (κ3) is 3.39. The molecule has 0 aliphatic heterocycles. The van der Waals surface area contributed by atoms with Crippen molar-refractivity contribution in [1.82, 2.24) is 4.98 Å². The molecule has 1 aromatic heterocycles. The van der Waals surface area contributed by atoms with Gasteiger partial charge < -0.3 is 5.32 Å². The van der Waals surface area contributed by atoms with Gasteiger partial charge in [0.1, 0.15) is 10.4 Å². The van der Waals surface area contributed by atoms with Gasteiger partial charge in [0.25, 0.3) is 0 Å². The van der Waals surface area contributed by atoms with Crippen LogP contribution >= 0.6 is 27.7 Å². The summed E-state index contributed by atoms with van der Waals surface area (Å²) in [4.78, 5) is 4.42. The van der Waals surface area contributed by atoms with Gasteiger partial charge in [-0.2, -0.15) is 11.8 Å². The second-order valence-electron chi connectivity index (χ2n) is 4.21. The van der Waals surface area contributed by atoms with Crippen LogP contribution in [0.25, 0.3) is 0 Å². The predicted molar refractivity (Wildman–Crippen MR) is 75.1 cm³/mol. The first-order chi connectivity index (χ1) is 7.78. The fourth-order valence-electron chi connectivity index (χ4n) is 2.19. The Hall–Kier alpha value is -0.220. The lowest BCUT2D eigenvalue weighted by atomic mass is 9.95. The van der Waals surface area contributed by atoms with Crippen LogP contribution < -0.4 is 5.32 Å². The average Bonchev–Trinajstić information content (AvgIpc) is 2.29. The Kier molecular flexibility index (Phi) is 4.53. The van der Waals surface area contributed by atoms with Gasteiger partial charge in [-0.05, 0) is 53.6 Å². The number of anilines is 1. The summed E-state index contributed by atoms with van der Waals surface area (Å²) in [6, 6.07) is 6.60. The van der Waals surface area contributed by atoms with Gasteiger partial charge in [-0.15, -0.1) is 0 Å². The number of hydrogen-bond donors (Lipinski definition) is 1. The second-order valence-corrected chi connectivity index (χ2v) is 6.16. The molecule has 0 saturated heterocycles. The van der Waals surface area contributed by atoms with Gasteiger partial charge in [0.05, 0.1) is 0 Å². The normalized spacial score (nSPS) is 25.4. The maximum Gasteiger partial charge on any atom is 0.127 e. The number of nitrogens with zero attached hydrogens (tertiary/aromatic N) is 1. The third-order valence-electron chi connectivity index (χ3n) is 3.03. The van der Waals surface area contributed by atoms with E-state index in [1.807, 2.05) is 30.0 Å². The first kappa shape index (κ1) is 12.2. The Labute approximate surface area is 110 Å². The van der Waals surface area contributed by atoms with Crippen molar-refractivity contribution >= 4 is 33.5 Å². The number of halogens is 1. The minimum absolute atomic E-state index is 0.591. The summed E-state index contributed by atoms with van der Waals surface area (Å²) in [7, 11) is 0. The first-order valence-electron chi connectivity index (χ1n) is 5.70. The summed E-state index contributed by atoms with van der Waals surface area (Å²) in [5, 5.41) is 4.35. The maximum absolute atomic E-state index is 4.42. The number of rotatable bonds is 3. The summed E-state index contributed by atoms with van der Waals surface area (Å²) < 4.78 is 0.898. The van der Waals surface area contributed by atoms with Crippen LogP contribution in [0.4, 0.5) is 5.82 Å². The van der Waals surface area contributed by atoms with Gasteiger partial charge in [-0.3, -0.25) is 0 Å². The zero-order chi connectivity index (χ0) is 11.4. The van der Waals surface area contributed by atoms with E-state index in [2.05, 4.69) is 32.5 Å². The molecule has 0 radical (unpaired) electrons. The topological polar surface area (TPSA) is 24.9 Å². The molecule has 2 rings (SSSR count).